The van der Waals surface area contributed by atoms with Crippen molar-refractivity contribution in [3.63, 3.8) is 0 Å². The number of ether oxygens (including phenoxy) is 2. The Morgan fingerprint density at radius 1 is 1.25 bits per heavy atom. The zero-order valence-electron chi connectivity index (χ0n) is 15.1. The van der Waals surface area contributed by atoms with Crippen molar-refractivity contribution in [1.82, 2.24) is 4.90 Å². The molecule has 0 amide bonds. The fraction of sp³-hybridized carbons (Fsp3) is 0.632. The number of hydrogen-bond acceptors (Lipinski definition) is 5. The van der Waals surface area contributed by atoms with Crippen LogP contribution in [0.5, 0.6) is 5.75 Å². The van der Waals surface area contributed by atoms with Crippen LogP contribution >= 0.6 is 0 Å². The van der Waals surface area contributed by atoms with Crippen LogP contribution < -0.4 is 10.5 Å². The van der Waals surface area contributed by atoms with Gasteiger partial charge in [-0.05, 0) is 57.0 Å². The number of likely N-dealkylation sites (tertiary alicyclic amines) is 1. The highest BCUT2D eigenvalue weighted by Crippen LogP contribution is 2.24. The topological polar surface area (TPSA) is 64.8 Å². The minimum Gasteiger partial charge on any atom is -0.492 e. The van der Waals surface area contributed by atoms with Gasteiger partial charge in [-0.15, -0.1) is 0 Å². The maximum Gasteiger partial charge on any atom is 0.338 e. The summed E-state index contributed by atoms with van der Waals surface area (Å²) in [4.78, 5) is 14.8. The van der Waals surface area contributed by atoms with Crippen LogP contribution in [0.15, 0.2) is 18.2 Å². The molecule has 134 valence electrons. The van der Waals surface area contributed by atoms with Gasteiger partial charge in [-0.3, -0.25) is 4.90 Å². The van der Waals surface area contributed by atoms with Gasteiger partial charge in [-0.2, -0.15) is 0 Å². The molecule has 1 saturated heterocycles. The van der Waals surface area contributed by atoms with E-state index in [1.165, 1.54) is 19.3 Å². The van der Waals surface area contributed by atoms with Crippen molar-refractivity contribution in [3.05, 3.63) is 23.8 Å². The first kappa shape index (κ1) is 18.6. The monoisotopic (exact) mass is 334 g/mol. The SMILES string of the molecule is CCOc1cc(C(=O)OC[C@H](C(C)C)N2CCCCC2)ccc1N. The average Bonchev–Trinajstić information content (AvgIpc) is 2.57. The molecule has 1 aliphatic rings. The second kappa shape index (κ2) is 8.92. The number of piperidine rings is 1. The molecule has 2 rings (SSSR count). The van der Waals surface area contributed by atoms with Gasteiger partial charge in [0.2, 0.25) is 0 Å². The predicted octanol–water partition coefficient (Wildman–Crippen LogP) is 3.33. The maximum atomic E-state index is 12.4. The molecule has 5 nitrogen and oxygen atoms in total. The second-order valence-electron chi connectivity index (χ2n) is 6.69. The lowest BCUT2D eigenvalue weighted by Crippen LogP contribution is -2.45. The van der Waals surface area contributed by atoms with Crippen molar-refractivity contribution in [3.8, 4) is 5.75 Å². The lowest BCUT2D eigenvalue weighted by Gasteiger charge is -2.36. The molecular weight excluding hydrogens is 304 g/mol. The van der Waals surface area contributed by atoms with Crippen molar-refractivity contribution < 1.29 is 14.3 Å². The lowest BCUT2D eigenvalue weighted by atomic mass is 10.00. The van der Waals surface area contributed by atoms with E-state index in [0.717, 1.165) is 13.1 Å². The smallest absolute Gasteiger partial charge is 0.338 e. The van der Waals surface area contributed by atoms with E-state index >= 15 is 0 Å². The first-order valence-corrected chi connectivity index (χ1v) is 8.96. The molecule has 1 aromatic rings. The van der Waals surface area contributed by atoms with Crippen LogP contribution in [0.1, 0.15) is 50.4 Å². The molecule has 1 atom stereocenters. The number of carbonyl (C=O) groups is 1. The minimum atomic E-state index is -0.321. The molecule has 1 aliphatic heterocycles. The van der Waals surface area contributed by atoms with Crippen molar-refractivity contribution in [2.75, 3.05) is 32.0 Å². The van der Waals surface area contributed by atoms with E-state index in [1.807, 2.05) is 6.92 Å². The number of nitrogens with two attached hydrogens (primary N) is 1. The summed E-state index contributed by atoms with van der Waals surface area (Å²) in [5.74, 6) is 0.656. The Kier molecular flexibility index (Phi) is 6.91. The zero-order chi connectivity index (χ0) is 17.5. The van der Waals surface area contributed by atoms with Crippen LogP contribution in [-0.2, 0) is 4.74 Å². The molecule has 0 saturated carbocycles. The Labute approximate surface area is 145 Å². The zero-order valence-corrected chi connectivity index (χ0v) is 15.1. The largest absolute Gasteiger partial charge is 0.492 e. The molecule has 24 heavy (non-hydrogen) atoms. The summed E-state index contributed by atoms with van der Waals surface area (Å²) >= 11 is 0. The van der Waals surface area contributed by atoms with E-state index in [-0.39, 0.29) is 12.0 Å². The molecule has 0 spiro atoms. The number of nitrogens with zero attached hydrogens (tertiary/aromatic N) is 1. The van der Waals surface area contributed by atoms with E-state index in [1.54, 1.807) is 18.2 Å². The summed E-state index contributed by atoms with van der Waals surface area (Å²) in [5.41, 5.74) is 6.86. The first-order chi connectivity index (χ1) is 11.5. The molecule has 5 heteroatoms. The second-order valence-corrected chi connectivity index (χ2v) is 6.69. The van der Waals surface area contributed by atoms with E-state index in [2.05, 4.69) is 18.7 Å². The lowest BCUT2D eigenvalue weighted by molar-refractivity contribution is 0.0233. The summed E-state index contributed by atoms with van der Waals surface area (Å²) in [6, 6.07) is 5.30. The van der Waals surface area contributed by atoms with Gasteiger partial charge in [0.1, 0.15) is 12.4 Å². The van der Waals surface area contributed by atoms with Crippen molar-refractivity contribution in [2.45, 2.75) is 46.1 Å². The number of anilines is 1. The molecule has 1 aromatic carbocycles. The summed E-state index contributed by atoms with van der Waals surface area (Å²) in [6.45, 7) is 9.37. The summed E-state index contributed by atoms with van der Waals surface area (Å²) in [5, 5.41) is 0. The Balaban J connectivity index is 1.98. The Hall–Kier alpha value is -1.75. The summed E-state index contributed by atoms with van der Waals surface area (Å²) in [7, 11) is 0. The number of nitrogen functional groups attached to an aromatic ring is 1. The molecule has 0 aromatic heterocycles. The van der Waals surface area contributed by atoms with E-state index in [0.29, 0.717) is 36.1 Å². The highest BCUT2D eigenvalue weighted by atomic mass is 16.5. The van der Waals surface area contributed by atoms with Crippen LogP contribution in [0.2, 0.25) is 0 Å². The molecule has 2 N–H and O–H groups in total. The number of benzene rings is 1. The normalized spacial score (nSPS) is 16.8. The van der Waals surface area contributed by atoms with Crippen LogP contribution in [0.25, 0.3) is 0 Å². The van der Waals surface area contributed by atoms with Gasteiger partial charge in [-0.1, -0.05) is 20.3 Å². The number of rotatable bonds is 7. The third kappa shape index (κ3) is 4.87. The Morgan fingerprint density at radius 2 is 1.96 bits per heavy atom. The molecule has 0 aliphatic carbocycles. The third-order valence-corrected chi connectivity index (χ3v) is 4.56. The van der Waals surface area contributed by atoms with E-state index in [9.17, 15) is 4.79 Å². The van der Waals surface area contributed by atoms with Gasteiger partial charge in [0.25, 0.3) is 0 Å². The number of carbonyl (C=O) groups excluding carboxylic acids is 1. The Morgan fingerprint density at radius 3 is 2.58 bits per heavy atom. The quantitative estimate of drug-likeness (QED) is 0.612. The van der Waals surface area contributed by atoms with Gasteiger partial charge in [0.05, 0.1) is 17.9 Å². The maximum absolute atomic E-state index is 12.4. The summed E-state index contributed by atoms with van der Waals surface area (Å²) < 4.78 is 11.0. The Bertz CT molecular complexity index is 539. The van der Waals surface area contributed by atoms with Gasteiger partial charge >= 0.3 is 5.97 Å². The third-order valence-electron chi connectivity index (χ3n) is 4.56. The number of esters is 1. The molecule has 1 heterocycles. The first-order valence-electron chi connectivity index (χ1n) is 8.96. The van der Waals surface area contributed by atoms with Crippen LogP contribution in [-0.4, -0.2) is 43.2 Å². The molecule has 1 fully saturated rings. The summed E-state index contributed by atoms with van der Waals surface area (Å²) in [6.07, 6.45) is 3.76. The van der Waals surface area contributed by atoms with Crippen molar-refractivity contribution in [1.29, 1.82) is 0 Å². The van der Waals surface area contributed by atoms with Gasteiger partial charge in [0.15, 0.2) is 0 Å². The van der Waals surface area contributed by atoms with Gasteiger partial charge in [0, 0.05) is 6.04 Å². The molecule has 0 unspecified atom stereocenters. The fourth-order valence-corrected chi connectivity index (χ4v) is 3.16. The van der Waals surface area contributed by atoms with Gasteiger partial charge in [-0.25, -0.2) is 4.79 Å². The van der Waals surface area contributed by atoms with Crippen molar-refractivity contribution in [2.24, 2.45) is 5.92 Å². The highest BCUT2D eigenvalue weighted by Gasteiger charge is 2.25. The average molecular weight is 334 g/mol. The predicted molar refractivity (Wildman–Crippen MR) is 96.4 cm³/mol. The highest BCUT2D eigenvalue weighted by molar-refractivity contribution is 5.90. The van der Waals surface area contributed by atoms with Crippen molar-refractivity contribution >= 4 is 11.7 Å². The standard InChI is InChI=1S/C19H30N2O3/c1-4-23-18-12-15(8-9-16(18)20)19(22)24-13-17(14(2)3)21-10-6-5-7-11-21/h8-9,12,14,17H,4-7,10-11,13,20H2,1-3H3/t17-/m1/s1. The van der Waals surface area contributed by atoms with Crippen LogP contribution in [0.4, 0.5) is 5.69 Å². The minimum absolute atomic E-state index is 0.273. The van der Waals surface area contributed by atoms with E-state index in [4.69, 9.17) is 15.2 Å². The molecule has 0 radical (unpaired) electrons. The van der Waals surface area contributed by atoms with E-state index < -0.39 is 0 Å². The van der Waals surface area contributed by atoms with Crippen LogP contribution in [0, 0.1) is 5.92 Å². The van der Waals surface area contributed by atoms with Gasteiger partial charge < -0.3 is 15.2 Å². The molecule has 0 bridgehead atoms. The number of hydrogen-bond donors (Lipinski definition) is 1. The fourth-order valence-electron chi connectivity index (χ4n) is 3.16. The van der Waals surface area contributed by atoms with Crippen LogP contribution in [0.3, 0.4) is 0 Å². The molecular formula is C19H30N2O3.